The molecule has 4 rings (SSSR count). The summed E-state index contributed by atoms with van der Waals surface area (Å²) in [5.41, 5.74) is 2.75. The molecule has 0 unspecified atom stereocenters. The molecule has 6 nitrogen and oxygen atoms in total. The molecule has 0 aromatic carbocycles. The molecule has 0 aliphatic carbocycles. The fraction of sp³-hybridized carbons (Fsp3) is 0.550. The third-order valence-corrected chi connectivity index (χ3v) is 5.99. The normalized spacial score (nSPS) is 23.8. The number of imidazole rings is 1. The van der Waals surface area contributed by atoms with Crippen LogP contribution in [-0.2, 0) is 16.0 Å². The van der Waals surface area contributed by atoms with E-state index in [0.717, 1.165) is 49.3 Å². The second kappa shape index (κ2) is 6.74. The van der Waals surface area contributed by atoms with Gasteiger partial charge in [0.1, 0.15) is 5.65 Å². The van der Waals surface area contributed by atoms with Crippen LogP contribution in [0.25, 0.3) is 5.65 Å². The number of likely N-dealkylation sites (N-methyl/N-ethyl adjacent to an activating group) is 1. The zero-order valence-corrected chi connectivity index (χ0v) is 15.5. The molecule has 4 heterocycles. The van der Waals surface area contributed by atoms with E-state index in [9.17, 15) is 9.59 Å². The zero-order chi connectivity index (χ0) is 18.3. The third-order valence-electron chi connectivity index (χ3n) is 5.99. The molecule has 138 valence electrons. The number of rotatable bonds is 2. The van der Waals surface area contributed by atoms with Gasteiger partial charge in [-0.2, -0.15) is 0 Å². The fourth-order valence-corrected chi connectivity index (χ4v) is 4.59. The highest BCUT2D eigenvalue weighted by atomic mass is 16.2. The average Bonchev–Trinajstić information content (AvgIpc) is 2.88. The zero-order valence-electron chi connectivity index (χ0n) is 15.5. The number of likely N-dealkylation sites (tertiary alicyclic amines) is 2. The number of piperidine rings is 1. The van der Waals surface area contributed by atoms with Crippen molar-refractivity contribution in [3.63, 3.8) is 0 Å². The molecule has 2 amide bonds. The van der Waals surface area contributed by atoms with Gasteiger partial charge in [-0.05, 0) is 44.7 Å². The van der Waals surface area contributed by atoms with Gasteiger partial charge in [-0.1, -0.05) is 6.07 Å². The van der Waals surface area contributed by atoms with Gasteiger partial charge in [0.05, 0.1) is 29.9 Å². The van der Waals surface area contributed by atoms with Crippen LogP contribution >= 0.6 is 0 Å². The minimum absolute atomic E-state index is 0.146. The highest BCUT2D eigenvalue weighted by Gasteiger charge is 2.39. The predicted molar refractivity (Wildman–Crippen MR) is 98.8 cm³/mol. The van der Waals surface area contributed by atoms with E-state index in [2.05, 4.69) is 4.98 Å². The second-order valence-corrected chi connectivity index (χ2v) is 7.51. The maximum Gasteiger partial charge on any atom is 0.228 e. The Labute approximate surface area is 153 Å². The summed E-state index contributed by atoms with van der Waals surface area (Å²) in [5.74, 6) is 0.362. The van der Waals surface area contributed by atoms with Crippen LogP contribution in [-0.4, -0.2) is 56.7 Å². The molecular weight excluding hydrogens is 328 g/mol. The number of pyridine rings is 1. The van der Waals surface area contributed by atoms with Gasteiger partial charge in [-0.3, -0.25) is 9.59 Å². The van der Waals surface area contributed by atoms with Crippen molar-refractivity contribution in [3.05, 3.63) is 35.8 Å². The van der Waals surface area contributed by atoms with E-state index in [0.29, 0.717) is 12.8 Å². The fourth-order valence-electron chi connectivity index (χ4n) is 4.59. The van der Waals surface area contributed by atoms with Crippen LogP contribution in [0, 0.1) is 6.92 Å². The summed E-state index contributed by atoms with van der Waals surface area (Å²) in [5, 5.41) is 0. The Bertz CT molecular complexity index is 843. The molecule has 0 radical (unpaired) electrons. The first-order chi connectivity index (χ1) is 12.6. The van der Waals surface area contributed by atoms with E-state index in [1.807, 2.05) is 52.6 Å². The molecule has 26 heavy (non-hydrogen) atoms. The molecule has 2 fully saturated rings. The molecule has 2 aromatic rings. The second-order valence-electron chi connectivity index (χ2n) is 7.51. The number of aromatic nitrogens is 2. The predicted octanol–water partition coefficient (Wildman–Crippen LogP) is 2.19. The average molecular weight is 354 g/mol. The van der Waals surface area contributed by atoms with Crippen molar-refractivity contribution in [2.24, 2.45) is 0 Å². The van der Waals surface area contributed by atoms with E-state index < -0.39 is 0 Å². The molecule has 2 saturated heterocycles. The van der Waals surface area contributed by atoms with Gasteiger partial charge in [-0.25, -0.2) is 4.98 Å². The van der Waals surface area contributed by atoms with Crippen LogP contribution in [0.5, 0.6) is 0 Å². The topological polar surface area (TPSA) is 57.9 Å². The van der Waals surface area contributed by atoms with Crippen LogP contribution in [0.15, 0.2) is 24.4 Å². The Hall–Kier alpha value is -2.37. The Morgan fingerprint density at radius 3 is 2.88 bits per heavy atom. The van der Waals surface area contributed by atoms with Gasteiger partial charge in [0.15, 0.2) is 0 Å². The van der Waals surface area contributed by atoms with Crippen LogP contribution < -0.4 is 0 Å². The van der Waals surface area contributed by atoms with Crippen molar-refractivity contribution in [1.29, 1.82) is 0 Å². The summed E-state index contributed by atoms with van der Waals surface area (Å²) in [4.78, 5) is 33.9. The highest BCUT2D eigenvalue weighted by Crippen LogP contribution is 2.29. The molecule has 2 aliphatic rings. The lowest BCUT2D eigenvalue weighted by atomic mass is 9.92. The summed E-state index contributed by atoms with van der Waals surface area (Å²) in [7, 11) is 1.90. The Morgan fingerprint density at radius 1 is 1.23 bits per heavy atom. The Morgan fingerprint density at radius 2 is 2.04 bits per heavy atom. The molecule has 2 aliphatic heterocycles. The van der Waals surface area contributed by atoms with E-state index >= 15 is 0 Å². The Kier molecular flexibility index (Phi) is 4.42. The molecule has 6 heteroatoms. The standard InChI is InChI=1S/C20H26N4O2/c1-14-17(23-11-4-3-9-18(23)21-14)13-20(26)24-12-6-8-15-16(24)7-5-10-19(25)22(15)2/h3-4,9,11,15-16H,5-8,10,12-13H2,1-2H3/t15-,16-/m1/s1. The molecule has 2 aromatic heterocycles. The van der Waals surface area contributed by atoms with Gasteiger partial charge in [0, 0.05) is 26.2 Å². The lowest BCUT2D eigenvalue weighted by Crippen LogP contribution is -2.56. The number of nitrogens with zero attached hydrogens (tertiary/aromatic N) is 4. The summed E-state index contributed by atoms with van der Waals surface area (Å²) in [6.07, 6.45) is 6.65. The maximum absolute atomic E-state index is 13.2. The number of amides is 2. The number of hydrogen-bond acceptors (Lipinski definition) is 3. The molecule has 0 N–H and O–H groups in total. The lowest BCUT2D eigenvalue weighted by Gasteiger charge is -2.43. The van der Waals surface area contributed by atoms with Crippen molar-refractivity contribution in [2.45, 2.75) is 57.5 Å². The smallest absolute Gasteiger partial charge is 0.228 e. The molecule has 0 bridgehead atoms. The number of hydrogen-bond donors (Lipinski definition) is 0. The first-order valence-electron chi connectivity index (χ1n) is 9.54. The van der Waals surface area contributed by atoms with Gasteiger partial charge < -0.3 is 14.2 Å². The van der Waals surface area contributed by atoms with Gasteiger partial charge >= 0.3 is 0 Å². The monoisotopic (exact) mass is 354 g/mol. The van der Waals surface area contributed by atoms with E-state index in [1.54, 1.807) is 0 Å². The van der Waals surface area contributed by atoms with E-state index in [4.69, 9.17) is 0 Å². The van der Waals surface area contributed by atoms with Crippen LogP contribution in [0.1, 0.15) is 43.5 Å². The van der Waals surface area contributed by atoms with Crippen molar-refractivity contribution in [3.8, 4) is 0 Å². The number of carbonyl (C=O) groups is 2. The maximum atomic E-state index is 13.2. The number of aryl methyl sites for hydroxylation is 1. The Balaban J connectivity index is 1.59. The summed E-state index contributed by atoms with van der Waals surface area (Å²) in [6.45, 7) is 2.75. The van der Waals surface area contributed by atoms with Crippen molar-refractivity contribution >= 4 is 17.5 Å². The van der Waals surface area contributed by atoms with Gasteiger partial charge in [-0.15, -0.1) is 0 Å². The van der Waals surface area contributed by atoms with Crippen LogP contribution in [0.2, 0.25) is 0 Å². The van der Waals surface area contributed by atoms with Crippen LogP contribution in [0.4, 0.5) is 0 Å². The minimum Gasteiger partial charge on any atom is -0.341 e. The highest BCUT2D eigenvalue weighted by molar-refractivity contribution is 5.80. The van der Waals surface area contributed by atoms with Crippen LogP contribution in [0.3, 0.4) is 0 Å². The van der Waals surface area contributed by atoms with E-state index in [-0.39, 0.29) is 23.9 Å². The largest absolute Gasteiger partial charge is 0.341 e. The number of fused-ring (bicyclic) bond motifs is 2. The molecular formula is C20H26N4O2. The van der Waals surface area contributed by atoms with Gasteiger partial charge in [0.2, 0.25) is 11.8 Å². The molecule has 0 spiro atoms. The minimum atomic E-state index is 0.146. The van der Waals surface area contributed by atoms with E-state index in [1.165, 1.54) is 0 Å². The quantitative estimate of drug-likeness (QED) is 0.831. The van der Waals surface area contributed by atoms with Crippen molar-refractivity contribution in [1.82, 2.24) is 19.2 Å². The first kappa shape index (κ1) is 17.1. The SMILES string of the molecule is Cc1nc2ccccn2c1CC(=O)N1CCC[C@@H]2[C@H]1CCCC(=O)N2C. The third kappa shape index (κ3) is 2.87. The molecule has 2 atom stereocenters. The van der Waals surface area contributed by atoms with Crippen molar-refractivity contribution in [2.75, 3.05) is 13.6 Å². The summed E-state index contributed by atoms with van der Waals surface area (Å²) in [6, 6.07) is 6.19. The number of carbonyl (C=O) groups excluding carboxylic acids is 2. The first-order valence-corrected chi connectivity index (χ1v) is 9.54. The summed E-state index contributed by atoms with van der Waals surface area (Å²) >= 11 is 0. The summed E-state index contributed by atoms with van der Waals surface area (Å²) < 4.78 is 2.01. The lowest BCUT2D eigenvalue weighted by molar-refractivity contribution is -0.140. The van der Waals surface area contributed by atoms with Crippen molar-refractivity contribution < 1.29 is 9.59 Å². The van der Waals surface area contributed by atoms with Gasteiger partial charge in [0.25, 0.3) is 0 Å². The molecule has 0 saturated carbocycles.